The zero-order valence-electron chi connectivity index (χ0n) is 11.4. The summed E-state index contributed by atoms with van der Waals surface area (Å²) in [6, 6.07) is 0.346. The summed E-state index contributed by atoms with van der Waals surface area (Å²) in [6.07, 6.45) is 3.84. The Balaban J connectivity index is 1.76. The normalized spacial score (nSPS) is 23.1. The minimum atomic E-state index is 0.129. The molecule has 1 saturated heterocycles. The van der Waals surface area contributed by atoms with Gasteiger partial charge in [-0.25, -0.2) is 0 Å². The first-order chi connectivity index (χ1) is 9.88. The molecule has 3 heterocycles. The van der Waals surface area contributed by atoms with E-state index in [-0.39, 0.29) is 5.92 Å². The van der Waals surface area contributed by atoms with Gasteiger partial charge in [0.05, 0.1) is 22.9 Å². The lowest BCUT2D eigenvalue weighted by atomic mass is 9.95. The Morgan fingerprint density at radius 1 is 1.50 bits per heavy atom. The predicted molar refractivity (Wildman–Crippen MR) is 75.7 cm³/mol. The quantitative estimate of drug-likeness (QED) is 0.910. The Hall–Kier alpha value is -1.31. The fraction of sp³-hybridized carbons (Fsp3) is 0.615. The SMILES string of the molecule is CCCNC1CCOCC1c1nc(-c2cncs2)no1. The maximum Gasteiger partial charge on any atom is 0.234 e. The molecule has 0 bridgehead atoms. The van der Waals surface area contributed by atoms with E-state index in [2.05, 4.69) is 27.4 Å². The van der Waals surface area contributed by atoms with Gasteiger partial charge in [0.25, 0.3) is 0 Å². The summed E-state index contributed by atoms with van der Waals surface area (Å²) >= 11 is 1.51. The number of ether oxygens (including phenoxy) is 1. The number of hydrogen-bond acceptors (Lipinski definition) is 7. The third-order valence-electron chi connectivity index (χ3n) is 3.42. The van der Waals surface area contributed by atoms with Gasteiger partial charge in [0.15, 0.2) is 0 Å². The van der Waals surface area contributed by atoms with Crippen LogP contribution in [0.4, 0.5) is 0 Å². The Kier molecular flexibility index (Phi) is 4.39. The number of aromatic nitrogens is 3. The molecule has 0 spiro atoms. The van der Waals surface area contributed by atoms with Crippen LogP contribution in [0.2, 0.25) is 0 Å². The molecule has 3 rings (SSSR count). The van der Waals surface area contributed by atoms with Crippen LogP contribution in [0.15, 0.2) is 16.2 Å². The minimum Gasteiger partial charge on any atom is -0.381 e. The number of rotatable bonds is 5. The van der Waals surface area contributed by atoms with Gasteiger partial charge in [-0.3, -0.25) is 4.98 Å². The molecule has 1 fully saturated rings. The first kappa shape index (κ1) is 13.7. The van der Waals surface area contributed by atoms with Crippen LogP contribution in [0.5, 0.6) is 0 Å². The van der Waals surface area contributed by atoms with Gasteiger partial charge < -0.3 is 14.6 Å². The maximum atomic E-state index is 5.57. The van der Waals surface area contributed by atoms with Crippen molar-refractivity contribution in [2.75, 3.05) is 19.8 Å². The zero-order chi connectivity index (χ0) is 13.8. The van der Waals surface area contributed by atoms with Crippen molar-refractivity contribution in [2.24, 2.45) is 0 Å². The molecular formula is C13H18N4O2S. The molecular weight excluding hydrogens is 276 g/mol. The molecule has 0 radical (unpaired) electrons. The van der Waals surface area contributed by atoms with Crippen LogP contribution in [0.1, 0.15) is 31.6 Å². The van der Waals surface area contributed by atoms with Gasteiger partial charge >= 0.3 is 0 Å². The second-order valence-electron chi connectivity index (χ2n) is 4.85. The van der Waals surface area contributed by atoms with Crippen LogP contribution in [0, 0.1) is 0 Å². The molecule has 2 atom stereocenters. The van der Waals surface area contributed by atoms with Gasteiger partial charge in [0.1, 0.15) is 0 Å². The minimum absolute atomic E-state index is 0.129. The van der Waals surface area contributed by atoms with E-state index in [1.807, 2.05) is 0 Å². The summed E-state index contributed by atoms with van der Waals surface area (Å²) in [5, 5.41) is 7.60. The van der Waals surface area contributed by atoms with Gasteiger partial charge in [-0.1, -0.05) is 12.1 Å². The van der Waals surface area contributed by atoms with Crippen LogP contribution in [0.3, 0.4) is 0 Å². The molecule has 108 valence electrons. The number of hydrogen-bond donors (Lipinski definition) is 1. The second kappa shape index (κ2) is 6.43. The lowest BCUT2D eigenvalue weighted by molar-refractivity contribution is 0.0498. The number of thiazole rings is 1. The van der Waals surface area contributed by atoms with E-state index >= 15 is 0 Å². The van der Waals surface area contributed by atoms with Crippen molar-refractivity contribution in [2.45, 2.75) is 31.7 Å². The van der Waals surface area contributed by atoms with Crippen molar-refractivity contribution >= 4 is 11.3 Å². The van der Waals surface area contributed by atoms with E-state index in [1.54, 1.807) is 11.7 Å². The summed E-state index contributed by atoms with van der Waals surface area (Å²) in [4.78, 5) is 9.47. The molecule has 2 aromatic rings. The monoisotopic (exact) mass is 294 g/mol. The second-order valence-corrected chi connectivity index (χ2v) is 5.74. The maximum absolute atomic E-state index is 5.57. The lowest BCUT2D eigenvalue weighted by Gasteiger charge is -2.29. The summed E-state index contributed by atoms with van der Waals surface area (Å²) in [5.74, 6) is 1.40. The molecule has 6 nitrogen and oxygen atoms in total. The summed E-state index contributed by atoms with van der Waals surface area (Å²) in [5.41, 5.74) is 1.76. The molecule has 7 heteroatoms. The third-order valence-corrected chi connectivity index (χ3v) is 4.19. The van der Waals surface area contributed by atoms with E-state index in [9.17, 15) is 0 Å². The lowest BCUT2D eigenvalue weighted by Crippen LogP contribution is -2.41. The van der Waals surface area contributed by atoms with Crippen molar-refractivity contribution in [1.82, 2.24) is 20.4 Å². The molecule has 1 aliphatic heterocycles. The van der Waals surface area contributed by atoms with Crippen molar-refractivity contribution in [3.63, 3.8) is 0 Å². The summed E-state index contributed by atoms with van der Waals surface area (Å²) in [6.45, 7) is 4.58. The molecule has 0 amide bonds. The smallest absolute Gasteiger partial charge is 0.234 e. The molecule has 1 N–H and O–H groups in total. The van der Waals surface area contributed by atoms with Crippen LogP contribution in [-0.4, -0.2) is 40.9 Å². The highest BCUT2D eigenvalue weighted by Gasteiger charge is 2.31. The van der Waals surface area contributed by atoms with Gasteiger partial charge in [0, 0.05) is 18.8 Å². The van der Waals surface area contributed by atoms with Gasteiger partial charge in [-0.2, -0.15) is 4.98 Å². The van der Waals surface area contributed by atoms with Crippen molar-refractivity contribution in [3.05, 3.63) is 17.6 Å². The van der Waals surface area contributed by atoms with Crippen LogP contribution in [0.25, 0.3) is 10.7 Å². The van der Waals surface area contributed by atoms with E-state index in [4.69, 9.17) is 9.26 Å². The first-order valence-electron chi connectivity index (χ1n) is 6.92. The molecule has 0 aromatic carbocycles. The number of nitrogens with zero attached hydrogens (tertiary/aromatic N) is 3. The molecule has 2 aromatic heterocycles. The number of nitrogens with one attached hydrogen (secondary N) is 1. The summed E-state index contributed by atoms with van der Waals surface area (Å²) in [7, 11) is 0. The standard InChI is InChI=1S/C13H18N4O2S/c1-2-4-15-10-3-5-18-7-9(10)13-16-12(17-19-13)11-6-14-8-20-11/h6,8-10,15H,2-5,7H2,1H3. The predicted octanol–water partition coefficient (Wildman–Crippen LogP) is 2.07. The van der Waals surface area contributed by atoms with E-state index in [0.717, 1.165) is 30.9 Å². The highest BCUT2D eigenvalue weighted by Crippen LogP contribution is 2.27. The Morgan fingerprint density at radius 3 is 3.25 bits per heavy atom. The Labute approximate surface area is 121 Å². The highest BCUT2D eigenvalue weighted by molar-refractivity contribution is 7.13. The molecule has 2 unspecified atom stereocenters. The van der Waals surface area contributed by atoms with Crippen LogP contribution in [-0.2, 0) is 4.74 Å². The van der Waals surface area contributed by atoms with Crippen molar-refractivity contribution < 1.29 is 9.26 Å². The van der Waals surface area contributed by atoms with E-state index < -0.39 is 0 Å². The molecule has 0 saturated carbocycles. The average molecular weight is 294 g/mol. The fourth-order valence-corrected chi connectivity index (χ4v) is 2.91. The van der Waals surface area contributed by atoms with Gasteiger partial charge in [-0.15, -0.1) is 11.3 Å². The van der Waals surface area contributed by atoms with Crippen molar-refractivity contribution in [3.8, 4) is 10.7 Å². The first-order valence-corrected chi connectivity index (χ1v) is 7.80. The van der Waals surface area contributed by atoms with Crippen LogP contribution >= 0.6 is 11.3 Å². The largest absolute Gasteiger partial charge is 0.381 e. The van der Waals surface area contributed by atoms with E-state index in [1.165, 1.54) is 11.3 Å². The summed E-state index contributed by atoms with van der Waals surface area (Å²) < 4.78 is 11.0. The van der Waals surface area contributed by atoms with E-state index in [0.29, 0.717) is 24.4 Å². The Morgan fingerprint density at radius 2 is 2.45 bits per heavy atom. The molecule has 0 aliphatic carbocycles. The van der Waals surface area contributed by atoms with Gasteiger partial charge in [-0.05, 0) is 19.4 Å². The topological polar surface area (TPSA) is 73.1 Å². The molecule has 1 aliphatic rings. The highest BCUT2D eigenvalue weighted by atomic mass is 32.1. The zero-order valence-corrected chi connectivity index (χ0v) is 12.2. The Bertz CT molecular complexity index is 528. The third kappa shape index (κ3) is 2.89. The average Bonchev–Trinajstić information content (AvgIpc) is 3.15. The van der Waals surface area contributed by atoms with Crippen LogP contribution < -0.4 is 5.32 Å². The van der Waals surface area contributed by atoms with Gasteiger partial charge in [0.2, 0.25) is 11.7 Å². The van der Waals surface area contributed by atoms with Crippen molar-refractivity contribution in [1.29, 1.82) is 0 Å². The fourth-order valence-electron chi connectivity index (χ4n) is 2.37. The molecule has 20 heavy (non-hydrogen) atoms.